The Morgan fingerprint density at radius 3 is 2.10 bits per heavy atom. The van der Waals surface area contributed by atoms with Gasteiger partial charge in [0, 0.05) is 0 Å². The number of hydrogen-bond acceptors (Lipinski definition) is 0. The van der Waals surface area contributed by atoms with E-state index in [1.54, 1.807) is 0 Å². The van der Waals surface area contributed by atoms with Crippen LogP contribution >= 0.6 is 0 Å². The van der Waals surface area contributed by atoms with Crippen LogP contribution in [0.25, 0.3) is 0 Å². The molecule has 0 spiro atoms. The standard InChI is InChI=1S/C6H2F3.Hf/c7-4-2-1-3-5(8)6(4)9;/h1-2H;. The second-order valence-electron chi connectivity index (χ2n) is 1.72. The molecule has 0 saturated heterocycles. The quantitative estimate of drug-likeness (QED) is 0.500. The molecule has 0 aromatic heterocycles. The Morgan fingerprint density at radius 1 is 1.00 bits per heavy atom. The van der Waals surface area contributed by atoms with E-state index in [9.17, 15) is 13.2 Å². The van der Waals surface area contributed by atoms with E-state index in [0.717, 1.165) is 6.07 Å². The number of rotatable bonds is 0. The summed E-state index contributed by atoms with van der Waals surface area (Å²) in [6, 6.07) is 2.18. The molecule has 0 N–H and O–H groups in total. The van der Waals surface area contributed by atoms with Crippen LogP contribution in [0.15, 0.2) is 12.1 Å². The van der Waals surface area contributed by atoms with Crippen molar-refractivity contribution >= 4 is 3.32 Å². The fourth-order valence-corrected chi connectivity index (χ4v) is 1.22. The molecule has 4 heteroatoms. The average Bonchev–Trinajstić information content (AvgIpc) is 1.93. The van der Waals surface area contributed by atoms with Gasteiger partial charge in [0.25, 0.3) is 0 Å². The molecule has 0 heterocycles. The molecule has 0 fully saturated rings. The Labute approximate surface area is 70.6 Å². The summed E-state index contributed by atoms with van der Waals surface area (Å²) in [5, 5.41) is 0. The minimum absolute atomic E-state index is 0.249. The molecule has 0 unspecified atom stereocenters. The van der Waals surface area contributed by atoms with Gasteiger partial charge in [-0.3, -0.25) is 0 Å². The fourth-order valence-electron chi connectivity index (χ4n) is 0.526. The van der Waals surface area contributed by atoms with Gasteiger partial charge in [0.2, 0.25) is 0 Å². The molecular formula is C6H2F3Hf. The third-order valence-corrected chi connectivity index (χ3v) is 2.42. The fraction of sp³-hybridized carbons (Fsp3) is 0. The van der Waals surface area contributed by atoms with Gasteiger partial charge in [-0.1, -0.05) is 0 Å². The van der Waals surface area contributed by atoms with Crippen molar-refractivity contribution in [3.8, 4) is 0 Å². The van der Waals surface area contributed by atoms with E-state index >= 15 is 0 Å². The van der Waals surface area contributed by atoms with Crippen LogP contribution in [0.5, 0.6) is 0 Å². The summed E-state index contributed by atoms with van der Waals surface area (Å²) in [5.41, 5.74) is 0. The predicted molar refractivity (Wildman–Crippen MR) is 25.9 cm³/mol. The van der Waals surface area contributed by atoms with Crippen LogP contribution < -0.4 is 3.32 Å². The molecule has 0 aliphatic carbocycles. The molecular weight excluding hydrogens is 308 g/mol. The molecule has 0 aliphatic rings. The van der Waals surface area contributed by atoms with Crippen LogP contribution in [-0.2, 0) is 24.4 Å². The van der Waals surface area contributed by atoms with Crippen molar-refractivity contribution in [3.63, 3.8) is 0 Å². The Kier molecular flexibility index (Phi) is 2.28. The molecule has 0 amide bonds. The number of hydrogen-bond donors (Lipinski definition) is 0. The summed E-state index contributed by atoms with van der Waals surface area (Å²) >= 11 is 0.391. The van der Waals surface area contributed by atoms with Crippen LogP contribution in [-0.4, -0.2) is 0 Å². The first-order valence-corrected chi connectivity index (χ1v) is 4.27. The first-order valence-electron chi connectivity index (χ1n) is 2.48. The summed E-state index contributed by atoms with van der Waals surface area (Å²) in [7, 11) is 0. The number of halogens is 3. The third kappa shape index (κ3) is 1.31. The van der Waals surface area contributed by atoms with E-state index in [-0.39, 0.29) is 3.32 Å². The molecule has 1 aromatic carbocycles. The molecule has 0 saturated carbocycles. The van der Waals surface area contributed by atoms with Gasteiger partial charge in [0.1, 0.15) is 0 Å². The minimum atomic E-state index is -1.37. The van der Waals surface area contributed by atoms with Gasteiger partial charge >= 0.3 is 70.5 Å². The molecule has 0 radical (unpaired) electrons. The Hall–Kier alpha value is -0.120. The molecule has 0 nitrogen and oxygen atoms in total. The van der Waals surface area contributed by atoms with Crippen molar-refractivity contribution in [2.45, 2.75) is 0 Å². The van der Waals surface area contributed by atoms with Gasteiger partial charge in [-0.15, -0.1) is 0 Å². The molecule has 51 valence electrons. The van der Waals surface area contributed by atoms with E-state index in [1.807, 2.05) is 0 Å². The zero-order valence-corrected chi connectivity index (χ0v) is 8.38. The summed E-state index contributed by atoms with van der Waals surface area (Å²) in [4.78, 5) is 0. The van der Waals surface area contributed by atoms with Crippen LogP contribution in [0.4, 0.5) is 13.2 Å². The van der Waals surface area contributed by atoms with E-state index in [2.05, 4.69) is 0 Å². The van der Waals surface area contributed by atoms with E-state index in [1.165, 1.54) is 6.07 Å². The molecule has 0 aliphatic heterocycles. The molecule has 1 rings (SSSR count). The summed E-state index contributed by atoms with van der Waals surface area (Å²) in [6.07, 6.45) is 0. The second-order valence-corrected chi connectivity index (χ2v) is 3.66. The Balaban J connectivity index is 3.34. The predicted octanol–water partition coefficient (Wildman–Crippen LogP) is 1.28. The van der Waals surface area contributed by atoms with Crippen LogP contribution in [0.3, 0.4) is 0 Å². The Morgan fingerprint density at radius 2 is 1.60 bits per heavy atom. The topological polar surface area (TPSA) is 0 Å². The van der Waals surface area contributed by atoms with Gasteiger partial charge in [-0.05, 0) is 0 Å². The first-order chi connectivity index (χ1) is 4.63. The zero-order valence-electron chi connectivity index (χ0n) is 4.79. The summed E-state index contributed by atoms with van der Waals surface area (Å²) in [6.45, 7) is 0. The van der Waals surface area contributed by atoms with Gasteiger partial charge < -0.3 is 0 Å². The van der Waals surface area contributed by atoms with Crippen molar-refractivity contribution in [2.75, 3.05) is 0 Å². The number of benzene rings is 1. The molecule has 1 aromatic rings. The molecule has 0 atom stereocenters. The SMILES string of the molecule is Fc1cc[c]([Hf])c(F)c1F. The third-order valence-electron chi connectivity index (χ3n) is 1.04. The van der Waals surface area contributed by atoms with Crippen molar-refractivity contribution in [2.24, 2.45) is 0 Å². The van der Waals surface area contributed by atoms with Gasteiger partial charge in [0.05, 0.1) is 0 Å². The molecule has 10 heavy (non-hydrogen) atoms. The van der Waals surface area contributed by atoms with Crippen molar-refractivity contribution < 1.29 is 37.5 Å². The van der Waals surface area contributed by atoms with Crippen LogP contribution in [0.1, 0.15) is 0 Å². The summed E-state index contributed by atoms with van der Waals surface area (Å²) in [5.74, 6) is -3.55. The maximum absolute atomic E-state index is 12.4. The average molecular weight is 310 g/mol. The van der Waals surface area contributed by atoms with E-state index in [0.29, 0.717) is 24.4 Å². The second kappa shape index (κ2) is 2.86. The van der Waals surface area contributed by atoms with Crippen LogP contribution in [0.2, 0.25) is 0 Å². The van der Waals surface area contributed by atoms with E-state index < -0.39 is 17.5 Å². The van der Waals surface area contributed by atoms with Gasteiger partial charge in [-0.25, -0.2) is 0 Å². The van der Waals surface area contributed by atoms with Gasteiger partial charge in [0.15, 0.2) is 0 Å². The van der Waals surface area contributed by atoms with Crippen molar-refractivity contribution in [3.05, 3.63) is 29.6 Å². The molecule has 0 bridgehead atoms. The van der Waals surface area contributed by atoms with E-state index in [4.69, 9.17) is 0 Å². The first kappa shape index (κ1) is 7.98. The van der Waals surface area contributed by atoms with Crippen LogP contribution in [0, 0.1) is 17.5 Å². The van der Waals surface area contributed by atoms with Crippen molar-refractivity contribution in [1.29, 1.82) is 0 Å². The van der Waals surface area contributed by atoms with Crippen molar-refractivity contribution in [1.82, 2.24) is 0 Å². The normalized spacial score (nSPS) is 9.80. The maximum atomic E-state index is 12.4. The zero-order chi connectivity index (χ0) is 7.72. The summed E-state index contributed by atoms with van der Waals surface area (Å²) < 4.78 is 37.1. The van der Waals surface area contributed by atoms with Gasteiger partial charge in [-0.2, -0.15) is 0 Å². The monoisotopic (exact) mass is 311 g/mol. The Bertz CT molecular complexity index is 232.